The van der Waals surface area contributed by atoms with Crippen molar-refractivity contribution >= 4 is 67.9 Å². The van der Waals surface area contributed by atoms with Crippen molar-refractivity contribution in [2.45, 2.75) is 38.9 Å². The quantitative estimate of drug-likeness (QED) is 0.120. The van der Waals surface area contributed by atoms with Crippen LogP contribution in [0.25, 0.3) is 55.5 Å². The SMILES string of the molecule is C[C@@H](c1cc2ccc(F)cc2nc1-c1ccccn1)N1C(=O)c2ccccc2C1=O.C[C@@H](c1cc2ccc(F)cc2nc1Cl)N1C(=O)c2ccccc2C1=O.C[C@H](N)c1cc2ccc(F)cc2nc1-c1ccccn1. The fourth-order valence-corrected chi connectivity index (χ4v) is 9.52. The van der Waals surface area contributed by atoms with Gasteiger partial charge in [0, 0.05) is 63.9 Å². The molecule has 12 nitrogen and oxygen atoms in total. The second-order valence-corrected chi connectivity index (χ2v) is 18.2. The second kappa shape index (κ2) is 20.5. The first kappa shape index (κ1) is 49.5. The molecule has 2 N–H and O–H groups in total. The lowest BCUT2D eigenvalue weighted by Gasteiger charge is -2.25. The van der Waals surface area contributed by atoms with Gasteiger partial charge in [-0.25, -0.2) is 28.1 Å². The van der Waals surface area contributed by atoms with Crippen LogP contribution in [0.3, 0.4) is 0 Å². The van der Waals surface area contributed by atoms with Crippen molar-refractivity contribution in [2.75, 3.05) is 0 Å². The molecule has 5 aromatic heterocycles. The van der Waals surface area contributed by atoms with Crippen LogP contribution in [0.2, 0.25) is 5.15 Å². The Labute approximate surface area is 432 Å². The molecule has 0 radical (unpaired) electrons. The highest BCUT2D eigenvalue weighted by atomic mass is 35.5. The number of nitrogens with zero attached hydrogens (tertiary/aromatic N) is 7. The van der Waals surface area contributed by atoms with Crippen LogP contribution in [0.1, 0.15) is 97.0 Å². The van der Waals surface area contributed by atoms with Crippen LogP contribution in [0, 0.1) is 17.5 Å². The number of benzene rings is 5. The van der Waals surface area contributed by atoms with E-state index < -0.39 is 17.9 Å². The topological polar surface area (TPSA) is 165 Å². The lowest BCUT2D eigenvalue weighted by atomic mass is 10.00. The minimum absolute atomic E-state index is 0.141. The number of fused-ring (bicyclic) bond motifs is 5. The van der Waals surface area contributed by atoms with Gasteiger partial charge in [0.15, 0.2) is 0 Å². The number of hydrogen-bond acceptors (Lipinski definition) is 10. The zero-order chi connectivity index (χ0) is 52.7. The van der Waals surface area contributed by atoms with Gasteiger partial charge in [0.25, 0.3) is 23.6 Å². The van der Waals surface area contributed by atoms with Crippen molar-refractivity contribution in [3.05, 3.63) is 232 Å². The molecule has 7 heterocycles. The van der Waals surface area contributed by atoms with E-state index in [0.717, 1.165) is 22.0 Å². The number of carbonyl (C=O) groups is 4. The van der Waals surface area contributed by atoms with Crippen molar-refractivity contribution in [2.24, 2.45) is 5.73 Å². The smallest absolute Gasteiger partial charge is 0.262 e. The van der Waals surface area contributed by atoms with E-state index in [2.05, 4.69) is 24.9 Å². The zero-order valence-electron chi connectivity index (χ0n) is 40.3. The second-order valence-electron chi connectivity index (χ2n) is 17.9. The molecule has 0 bridgehead atoms. The Bertz CT molecular complexity index is 3850. The first-order chi connectivity index (χ1) is 36.2. The minimum atomic E-state index is -0.596. The third-order valence-corrected chi connectivity index (χ3v) is 13.3. The van der Waals surface area contributed by atoms with Gasteiger partial charge >= 0.3 is 0 Å². The summed E-state index contributed by atoms with van der Waals surface area (Å²) in [6, 6.07) is 41.8. The highest BCUT2D eigenvalue weighted by Gasteiger charge is 2.41. The monoisotopic (exact) mass is 1020 g/mol. The summed E-state index contributed by atoms with van der Waals surface area (Å²) < 4.78 is 40.5. The molecular formula is C59H42ClF3N8O4. The molecule has 370 valence electrons. The summed E-state index contributed by atoms with van der Waals surface area (Å²) in [5, 5.41) is 2.42. The maximum absolute atomic E-state index is 13.8. The Balaban J connectivity index is 0.000000131. The highest BCUT2D eigenvalue weighted by molar-refractivity contribution is 6.31. The summed E-state index contributed by atoms with van der Waals surface area (Å²) in [4.78, 5) is 75.8. The molecular weight excluding hydrogens is 977 g/mol. The van der Waals surface area contributed by atoms with Crippen molar-refractivity contribution in [1.29, 1.82) is 0 Å². The normalized spacial score (nSPS) is 14.0. The van der Waals surface area contributed by atoms with E-state index in [1.165, 1.54) is 46.2 Å². The summed E-state index contributed by atoms with van der Waals surface area (Å²) in [5.74, 6) is -2.49. The van der Waals surface area contributed by atoms with Gasteiger partial charge in [-0.2, -0.15) is 0 Å². The first-order valence-corrected chi connectivity index (χ1v) is 24.0. The van der Waals surface area contributed by atoms with Crippen molar-refractivity contribution < 1.29 is 32.3 Å². The van der Waals surface area contributed by atoms with Gasteiger partial charge in [0.2, 0.25) is 0 Å². The van der Waals surface area contributed by atoms with Crippen LogP contribution in [-0.2, 0) is 0 Å². The summed E-state index contributed by atoms with van der Waals surface area (Å²) >= 11 is 6.25. The number of nitrogens with two attached hydrogens (primary N) is 1. The number of hydrogen-bond donors (Lipinski definition) is 1. The summed E-state index contributed by atoms with van der Waals surface area (Å²) in [6.07, 6.45) is 3.35. The number of aromatic nitrogens is 5. The van der Waals surface area contributed by atoms with Crippen molar-refractivity contribution in [3.8, 4) is 22.8 Å². The molecule has 0 saturated heterocycles. The fraction of sp³-hybridized carbons (Fsp3) is 0.102. The molecule has 10 aromatic rings. The average molecular weight is 1020 g/mol. The number of amides is 4. The van der Waals surface area contributed by atoms with Crippen LogP contribution in [0.5, 0.6) is 0 Å². The molecule has 5 aromatic carbocycles. The molecule has 4 amide bonds. The number of carbonyl (C=O) groups excluding carboxylic acids is 4. The van der Waals surface area contributed by atoms with E-state index in [0.29, 0.717) is 72.4 Å². The number of halogens is 4. The standard InChI is InChI=1S/C24H16FN3O2.C19H12ClFN2O2.C16H14FN3/c1-14(28-23(29)17-6-2-3-7-18(17)24(28)30)19-12-15-9-10-16(25)13-21(15)27-22(19)20-8-4-5-11-26-20;1-10(23-18(24)13-4-2-3-5-14(13)19(23)25)15-8-11-6-7-12(21)9-16(11)22-17(15)20;1-10(18)13-8-11-5-6-12(17)9-15(11)20-16(13)14-4-2-3-7-19-14/h2-14H,1H3;2-10H,1H3;2-10H,18H2,1H3/t14-;2*10-/m000/s1. The summed E-state index contributed by atoms with van der Waals surface area (Å²) in [7, 11) is 0. The van der Waals surface area contributed by atoms with E-state index in [1.807, 2.05) is 43.3 Å². The van der Waals surface area contributed by atoms with Gasteiger partial charge in [-0.3, -0.25) is 38.9 Å². The molecule has 0 aliphatic carbocycles. The first-order valence-electron chi connectivity index (χ1n) is 23.6. The van der Waals surface area contributed by atoms with Crippen molar-refractivity contribution in [3.63, 3.8) is 0 Å². The van der Waals surface area contributed by atoms with E-state index in [4.69, 9.17) is 17.3 Å². The lowest BCUT2D eigenvalue weighted by Crippen LogP contribution is -2.33. The number of imide groups is 2. The Hall–Kier alpha value is -9.05. The van der Waals surface area contributed by atoms with Crippen LogP contribution >= 0.6 is 11.6 Å². The van der Waals surface area contributed by atoms with Crippen LogP contribution in [0.15, 0.2) is 170 Å². The largest absolute Gasteiger partial charge is 0.324 e. The van der Waals surface area contributed by atoms with Crippen LogP contribution < -0.4 is 5.73 Å². The van der Waals surface area contributed by atoms with Crippen LogP contribution in [-0.4, -0.2) is 58.3 Å². The average Bonchev–Trinajstić information content (AvgIpc) is 3.83. The third-order valence-electron chi connectivity index (χ3n) is 13.0. The lowest BCUT2D eigenvalue weighted by molar-refractivity contribution is 0.0579. The summed E-state index contributed by atoms with van der Waals surface area (Å²) in [6.45, 7) is 5.42. The van der Waals surface area contributed by atoms with E-state index in [9.17, 15) is 32.3 Å². The maximum Gasteiger partial charge on any atom is 0.262 e. The van der Waals surface area contributed by atoms with Crippen molar-refractivity contribution in [1.82, 2.24) is 34.7 Å². The molecule has 0 fully saturated rings. The van der Waals surface area contributed by atoms with Gasteiger partial charge in [0.05, 0.1) is 73.7 Å². The van der Waals surface area contributed by atoms with Crippen LogP contribution in [0.4, 0.5) is 13.2 Å². The molecule has 0 spiro atoms. The highest BCUT2D eigenvalue weighted by Crippen LogP contribution is 2.38. The zero-order valence-corrected chi connectivity index (χ0v) is 41.0. The number of pyridine rings is 5. The van der Waals surface area contributed by atoms with Gasteiger partial charge < -0.3 is 5.73 Å². The fourth-order valence-electron chi connectivity index (χ4n) is 9.22. The van der Waals surface area contributed by atoms with Gasteiger partial charge in [-0.15, -0.1) is 0 Å². The third kappa shape index (κ3) is 9.58. The predicted molar refractivity (Wildman–Crippen MR) is 280 cm³/mol. The molecule has 0 saturated carbocycles. The molecule has 75 heavy (non-hydrogen) atoms. The Morgan fingerprint density at radius 1 is 0.440 bits per heavy atom. The van der Waals surface area contributed by atoms with E-state index >= 15 is 0 Å². The van der Waals surface area contributed by atoms with Gasteiger partial charge in [0.1, 0.15) is 22.6 Å². The van der Waals surface area contributed by atoms with Gasteiger partial charge in [-0.1, -0.05) is 48.0 Å². The maximum atomic E-state index is 13.8. The Morgan fingerprint density at radius 2 is 0.787 bits per heavy atom. The predicted octanol–water partition coefficient (Wildman–Crippen LogP) is 12.6. The van der Waals surface area contributed by atoms with E-state index in [1.54, 1.807) is 111 Å². The molecule has 3 atom stereocenters. The minimum Gasteiger partial charge on any atom is -0.324 e. The van der Waals surface area contributed by atoms with E-state index in [-0.39, 0.29) is 46.5 Å². The number of rotatable bonds is 7. The Kier molecular flexibility index (Phi) is 13.5. The molecule has 2 aliphatic heterocycles. The molecule has 0 unspecified atom stereocenters. The molecule has 2 aliphatic rings. The Morgan fingerprint density at radius 3 is 1.17 bits per heavy atom. The molecule has 12 rings (SSSR count). The summed E-state index contributed by atoms with van der Waals surface area (Å²) in [5.41, 5.74) is 13.7. The van der Waals surface area contributed by atoms with Gasteiger partial charge in [-0.05, 0) is 129 Å². The molecule has 16 heteroatoms.